The van der Waals surface area contributed by atoms with Gasteiger partial charge in [0.25, 0.3) is 0 Å². The summed E-state index contributed by atoms with van der Waals surface area (Å²) in [5.41, 5.74) is 0. The van der Waals surface area contributed by atoms with Crippen molar-refractivity contribution in [2.24, 2.45) is 0 Å². The number of carbonyl (C=O) groups excluding carboxylic acids is 1. The number of aromatic nitrogens is 2. The van der Waals surface area contributed by atoms with Crippen LogP contribution < -0.4 is 10.2 Å². The van der Waals surface area contributed by atoms with Gasteiger partial charge in [0.15, 0.2) is 5.15 Å². The standard InChI is InChI=1S/C16H19ClN4O2/c17-14-10-13(23-20-14)6-7-16(22)19-12-4-3-9-21(11-12)15-5-1-2-8-18-15/h1-2,5,8,10,12H,3-4,6-7,9,11H2,(H,19,22)/t12-/m0/s1. The zero-order valence-electron chi connectivity index (χ0n) is 12.7. The Bertz CT molecular complexity index is 647. The fourth-order valence-corrected chi connectivity index (χ4v) is 2.94. The zero-order valence-corrected chi connectivity index (χ0v) is 13.5. The van der Waals surface area contributed by atoms with Crippen LogP contribution >= 0.6 is 11.6 Å². The third-order valence-corrected chi connectivity index (χ3v) is 4.07. The monoisotopic (exact) mass is 334 g/mol. The first-order chi connectivity index (χ1) is 11.2. The molecule has 0 aliphatic carbocycles. The van der Waals surface area contributed by atoms with Crippen molar-refractivity contribution in [1.29, 1.82) is 0 Å². The minimum absolute atomic E-state index is 0.0189. The normalized spacial score (nSPS) is 18.0. The van der Waals surface area contributed by atoms with Crippen LogP contribution in [-0.2, 0) is 11.2 Å². The van der Waals surface area contributed by atoms with Crippen LogP contribution in [0, 0.1) is 0 Å². The van der Waals surface area contributed by atoms with Crippen LogP contribution in [0.5, 0.6) is 0 Å². The minimum atomic E-state index is 0.0189. The fraction of sp³-hybridized carbons (Fsp3) is 0.438. The first-order valence-electron chi connectivity index (χ1n) is 7.77. The summed E-state index contributed by atoms with van der Waals surface area (Å²) in [5, 5.41) is 7.01. The Morgan fingerprint density at radius 1 is 1.48 bits per heavy atom. The van der Waals surface area contributed by atoms with Crippen molar-refractivity contribution < 1.29 is 9.32 Å². The van der Waals surface area contributed by atoms with E-state index in [1.165, 1.54) is 0 Å². The molecule has 3 rings (SSSR count). The molecule has 1 fully saturated rings. The average molecular weight is 335 g/mol. The van der Waals surface area contributed by atoms with Crippen LogP contribution in [0.1, 0.15) is 25.0 Å². The molecule has 2 aromatic rings. The van der Waals surface area contributed by atoms with Crippen molar-refractivity contribution in [3.8, 4) is 0 Å². The predicted molar refractivity (Wildman–Crippen MR) is 87.4 cm³/mol. The van der Waals surface area contributed by atoms with Crippen LogP contribution in [0.25, 0.3) is 0 Å². The van der Waals surface area contributed by atoms with Crippen LogP contribution in [0.15, 0.2) is 35.0 Å². The fourth-order valence-electron chi connectivity index (χ4n) is 2.79. The zero-order chi connectivity index (χ0) is 16.1. The molecule has 1 aliphatic rings. The quantitative estimate of drug-likeness (QED) is 0.909. The lowest BCUT2D eigenvalue weighted by molar-refractivity contribution is -0.121. The Labute approximate surface area is 139 Å². The molecule has 23 heavy (non-hydrogen) atoms. The molecular weight excluding hydrogens is 316 g/mol. The Morgan fingerprint density at radius 3 is 3.13 bits per heavy atom. The van der Waals surface area contributed by atoms with E-state index in [1.807, 2.05) is 18.2 Å². The number of halogens is 1. The number of nitrogens with zero attached hydrogens (tertiary/aromatic N) is 3. The van der Waals surface area contributed by atoms with E-state index in [-0.39, 0.29) is 11.9 Å². The van der Waals surface area contributed by atoms with Gasteiger partial charge in [0, 0.05) is 44.2 Å². The number of nitrogens with one attached hydrogen (secondary N) is 1. The highest BCUT2D eigenvalue weighted by Crippen LogP contribution is 2.17. The summed E-state index contributed by atoms with van der Waals surface area (Å²) < 4.78 is 5.00. The summed E-state index contributed by atoms with van der Waals surface area (Å²) in [6.45, 7) is 1.76. The first kappa shape index (κ1) is 15.8. The molecule has 0 saturated carbocycles. The molecule has 1 amide bonds. The molecule has 0 unspecified atom stereocenters. The van der Waals surface area contributed by atoms with Crippen molar-refractivity contribution in [3.63, 3.8) is 0 Å². The van der Waals surface area contributed by atoms with Gasteiger partial charge in [-0.2, -0.15) is 0 Å². The highest BCUT2D eigenvalue weighted by molar-refractivity contribution is 6.29. The second-order valence-corrected chi connectivity index (χ2v) is 6.04. The third kappa shape index (κ3) is 4.45. The molecule has 1 saturated heterocycles. The van der Waals surface area contributed by atoms with Gasteiger partial charge in [-0.3, -0.25) is 4.79 Å². The summed E-state index contributed by atoms with van der Waals surface area (Å²) in [4.78, 5) is 18.7. The summed E-state index contributed by atoms with van der Waals surface area (Å²) in [7, 11) is 0. The number of hydrogen-bond acceptors (Lipinski definition) is 5. The van der Waals surface area contributed by atoms with Crippen molar-refractivity contribution >= 4 is 23.3 Å². The van der Waals surface area contributed by atoms with Gasteiger partial charge in [-0.25, -0.2) is 4.98 Å². The number of rotatable bonds is 5. The van der Waals surface area contributed by atoms with Crippen molar-refractivity contribution in [2.75, 3.05) is 18.0 Å². The average Bonchev–Trinajstić information content (AvgIpc) is 3.00. The summed E-state index contributed by atoms with van der Waals surface area (Å²) >= 11 is 5.69. The number of piperidine rings is 1. The number of carbonyl (C=O) groups is 1. The number of anilines is 1. The maximum absolute atomic E-state index is 12.1. The molecule has 7 heteroatoms. The van der Waals surface area contributed by atoms with Crippen LogP contribution in [0.3, 0.4) is 0 Å². The van der Waals surface area contributed by atoms with Gasteiger partial charge in [-0.1, -0.05) is 22.8 Å². The predicted octanol–water partition coefficient (Wildman–Crippen LogP) is 2.44. The van der Waals surface area contributed by atoms with E-state index in [2.05, 4.69) is 20.4 Å². The number of hydrogen-bond donors (Lipinski definition) is 1. The second kappa shape index (κ2) is 7.46. The smallest absolute Gasteiger partial charge is 0.220 e. The van der Waals surface area contributed by atoms with E-state index >= 15 is 0 Å². The molecule has 6 nitrogen and oxygen atoms in total. The summed E-state index contributed by atoms with van der Waals surface area (Å²) in [6, 6.07) is 7.67. The molecule has 1 atom stereocenters. The Hall–Kier alpha value is -2.08. The second-order valence-electron chi connectivity index (χ2n) is 5.66. The van der Waals surface area contributed by atoms with E-state index in [1.54, 1.807) is 12.3 Å². The van der Waals surface area contributed by atoms with Gasteiger partial charge >= 0.3 is 0 Å². The van der Waals surface area contributed by atoms with E-state index in [9.17, 15) is 4.79 Å². The molecule has 0 radical (unpaired) electrons. The van der Waals surface area contributed by atoms with Crippen LogP contribution in [-0.4, -0.2) is 35.2 Å². The first-order valence-corrected chi connectivity index (χ1v) is 8.15. The molecule has 0 bridgehead atoms. The topological polar surface area (TPSA) is 71.3 Å². The van der Waals surface area contributed by atoms with Gasteiger partial charge in [-0.05, 0) is 25.0 Å². The van der Waals surface area contributed by atoms with Gasteiger partial charge in [0.05, 0.1) is 0 Å². The Morgan fingerprint density at radius 2 is 2.39 bits per heavy atom. The minimum Gasteiger partial charge on any atom is -0.360 e. The largest absolute Gasteiger partial charge is 0.360 e. The molecule has 0 spiro atoms. The van der Waals surface area contributed by atoms with Crippen molar-refractivity contribution in [2.45, 2.75) is 31.7 Å². The van der Waals surface area contributed by atoms with Crippen molar-refractivity contribution in [3.05, 3.63) is 41.4 Å². The maximum Gasteiger partial charge on any atom is 0.220 e. The Balaban J connectivity index is 1.48. The molecule has 3 heterocycles. The van der Waals surface area contributed by atoms with Gasteiger partial charge in [0.2, 0.25) is 5.91 Å². The van der Waals surface area contributed by atoms with Crippen LogP contribution in [0.4, 0.5) is 5.82 Å². The lowest BCUT2D eigenvalue weighted by atomic mass is 10.1. The molecule has 1 N–H and O–H groups in total. The molecular formula is C16H19ClN4O2. The van der Waals surface area contributed by atoms with E-state index in [0.29, 0.717) is 23.8 Å². The molecule has 122 valence electrons. The lowest BCUT2D eigenvalue weighted by Gasteiger charge is -2.34. The number of aryl methyl sites for hydroxylation is 1. The summed E-state index contributed by atoms with van der Waals surface area (Å²) in [6.07, 6.45) is 4.69. The highest BCUT2D eigenvalue weighted by atomic mass is 35.5. The third-order valence-electron chi connectivity index (χ3n) is 3.89. The molecule has 0 aromatic carbocycles. The molecule has 1 aliphatic heterocycles. The molecule has 2 aromatic heterocycles. The summed E-state index contributed by atoms with van der Waals surface area (Å²) in [5.74, 6) is 1.61. The van der Waals surface area contributed by atoms with Crippen molar-refractivity contribution in [1.82, 2.24) is 15.5 Å². The van der Waals surface area contributed by atoms with Crippen LogP contribution in [0.2, 0.25) is 5.15 Å². The van der Waals surface area contributed by atoms with E-state index in [4.69, 9.17) is 16.1 Å². The van der Waals surface area contributed by atoms with E-state index < -0.39 is 0 Å². The lowest BCUT2D eigenvalue weighted by Crippen LogP contribution is -2.48. The maximum atomic E-state index is 12.1. The van der Waals surface area contributed by atoms with Gasteiger partial charge in [0.1, 0.15) is 11.6 Å². The number of amides is 1. The Kier molecular flexibility index (Phi) is 5.12. The van der Waals surface area contributed by atoms with Gasteiger partial charge < -0.3 is 14.7 Å². The van der Waals surface area contributed by atoms with Gasteiger partial charge in [-0.15, -0.1) is 0 Å². The highest BCUT2D eigenvalue weighted by Gasteiger charge is 2.22. The van der Waals surface area contributed by atoms with E-state index in [0.717, 1.165) is 31.7 Å². The SMILES string of the molecule is O=C(CCc1cc(Cl)no1)N[C@H]1CCCN(c2ccccn2)C1. The number of pyridine rings is 1.